The summed E-state index contributed by atoms with van der Waals surface area (Å²) in [5, 5.41) is 6.59. The number of rotatable bonds is 8. The van der Waals surface area contributed by atoms with E-state index in [0.717, 1.165) is 112 Å². The van der Waals surface area contributed by atoms with Crippen LogP contribution in [0.5, 0.6) is 0 Å². The van der Waals surface area contributed by atoms with Gasteiger partial charge in [-0.2, -0.15) is 0 Å². The Balaban J connectivity index is 1.61. The first-order valence-electron chi connectivity index (χ1n) is 19.9. The second-order valence-corrected chi connectivity index (χ2v) is 16.6. The van der Waals surface area contributed by atoms with Crippen LogP contribution in [0.4, 0.5) is 0 Å². The Bertz CT molecular complexity index is 2570. The minimum absolute atomic E-state index is 0.139. The Hall–Kier alpha value is -5.76. The van der Waals surface area contributed by atoms with Gasteiger partial charge in [0, 0.05) is 57.3 Å². The lowest BCUT2D eigenvalue weighted by atomic mass is 9.83. The number of hydrogen-bond donors (Lipinski definition) is 0. The van der Waals surface area contributed by atoms with Gasteiger partial charge in [0.1, 0.15) is 23.3 Å². The quantitative estimate of drug-likeness (QED) is 0.142. The van der Waals surface area contributed by atoms with Crippen molar-refractivity contribution in [2.24, 2.45) is 0 Å². The van der Waals surface area contributed by atoms with Gasteiger partial charge in [-0.1, -0.05) is 79.7 Å². The first-order chi connectivity index (χ1) is 26.7. The summed E-state index contributed by atoms with van der Waals surface area (Å²) in [5.74, 6) is 5.08. The summed E-state index contributed by atoms with van der Waals surface area (Å²) < 4.78 is 0. The molecule has 0 spiro atoms. The molecule has 0 unspecified atom stereocenters. The van der Waals surface area contributed by atoms with Crippen molar-refractivity contribution in [1.82, 2.24) is 39.9 Å². The second-order valence-electron chi connectivity index (χ2n) is 16.6. The fourth-order valence-corrected chi connectivity index (χ4v) is 7.64. The van der Waals surface area contributed by atoms with Gasteiger partial charge in [0.25, 0.3) is 0 Å². The molecule has 282 valence electrons. The zero-order chi connectivity index (χ0) is 39.7. The fourth-order valence-electron chi connectivity index (χ4n) is 7.64. The van der Waals surface area contributed by atoms with Gasteiger partial charge in [-0.25, -0.2) is 29.9 Å². The molecule has 8 nitrogen and oxygen atoms in total. The average Bonchev–Trinajstić information content (AvgIpc) is 3.17. The molecule has 0 aliphatic rings. The number of hydrogen-bond acceptors (Lipinski definition) is 8. The van der Waals surface area contributed by atoms with E-state index in [2.05, 4.69) is 144 Å². The number of benzene rings is 4. The SMILES string of the molecule is Cc1ccc(C)c(-c2cc3c(-c4nc(C(C)C)nc(C(C)C)n4)ccc4c(-c5nc(C)ccc5C)cc5c(-c6nc(C(C)C)nc(C(C)C)n6)ccc2c5c34)n1. The van der Waals surface area contributed by atoms with Crippen molar-refractivity contribution in [3.63, 3.8) is 0 Å². The second kappa shape index (κ2) is 14.1. The molecule has 0 saturated heterocycles. The third-order valence-corrected chi connectivity index (χ3v) is 10.8. The molecule has 0 aliphatic heterocycles. The van der Waals surface area contributed by atoms with Crippen molar-refractivity contribution in [3.05, 3.63) is 106 Å². The molecule has 0 bridgehead atoms. The van der Waals surface area contributed by atoms with E-state index in [0.29, 0.717) is 11.6 Å². The zero-order valence-corrected chi connectivity index (χ0v) is 34.7. The third-order valence-electron chi connectivity index (χ3n) is 10.8. The number of aryl methyl sites for hydroxylation is 4. The molecule has 8 heteroatoms. The number of aromatic nitrogens is 8. The molecule has 8 aromatic rings. The summed E-state index contributed by atoms with van der Waals surface area (Å²) in [5.41, 5.74) is 10.1. The molecule has 4 aromatic heterocycles. The van der Waals surface area contributed by atoms with Crippen LogP contribution in [0.15, 0.2) is 60.7 Å². The molecule has 0 fully saturated rings. The molecule has 0 atom stereocenters. The lowest BCUT2D eigenvalue weighted by molar-refractivity contribution is 0.697. The van der Waals surface area contributed by atoms with Gasteiger partial charge in [0.2, 0.25) is 0 Å². The van der Waals surface area contributed by atoms with Crippen LogP contribution in [-0.2, 0) is 0 Å². The molecule has 4 aromatic carbocycles. The lowest BCUT2D eigenvalue weighted by Gasteiger charge is -2.22. The van der Waals surface area contributed by atoms with Crippen LogP contribution in [0.2, 0.25) is 0 Å². The van der Waals surface area contributed by atoms with E-state index in [9.17, 15) is 0 Å². The average molecular weight is 739 g/mol. The van der Waals surface area contributed by atoms with E-state index in [4.69, 9.17) is 39.9 Å². The van der Waals surface area contributed by atoms with Crippen molar-refractivity contribution in [2.45, 2.75) is 107 Å². The van der Waals surface area contributed by atoms with E-state index in [1.54, 1.807) is 0 Å². The topological polar surface area (TPSA) is 103 Å². The molecule has 0 radical (unpaired) electrons. The van der Waals surface area contributed by atoms with Gasteiger partial charge in [0.05, 0.1) is 11.4 Å². The van der Waals surface area contributed by atoms with E-state index in [1.807, 2.05) is 0 Å². The summed E-state index contributed by atoms with van der Waals surface area (Å²) in [6.45, 7) is 25.5. The number of nitrogens with zero attached hydrogens (tertiary/aromatic N) is 8. The summed E-state index contributed by atoms with van der Waals surface area (Å²) in [4.78, 5) is 40.7. The van der Waals surface area contributed by atoms with Crippen molar-refractivity contribution < 1.29 is 0 Å². The normalized spacial score (nSPS) is 12.2. The van der Waals surface area contributed by atoms with Gasteiger partial charge < -0.3 is 0 Å². The Morgan fingerprint density at radius 1 is 0.339 bits per heavy atom. The van der Waals surface area contributed by atoms with Gasteiger partial charge in [0.15, 0.2) is 11.6 Å². The molecule has 4 heterocycles. The number of pyridine rings is 2. The highest BCUT2D eigenvalue weighted by Gasteiger charge is 2.26. The smallest absolute Gasteiger partial charge is 0.163 e. The van der Waals surface area contributed by atoms with E-state index >= 15 is 0 Å². The van der Waals surface area contributed by atoms with Crippen LogP contribution in [0.25, 0.3) is 77.6 Å². The largest absolute Gasteiger partial charge is 0.253 e. The lowest BCUT2D eigenvalue weighted by Crippen LogP contribution is -2.09. The molecular weight excluding hydrogens is 689 g/mol. The maximum absolute atomic E-state index is 5.17. The maximum Gasteiger partial charge on any atom is 0.163 e. The summed E-state index contributed by atoms with van der Waals surface area (Å²) in [6, 6.07) is 22.0. The van der Waals surface area contributed by atoms with Crippen LogP contribution >= 0.6 is 0 Å². The molecular formula is C48H50N8. The van der Waals surface area contributed by atoms with Gasteiger partial charge in [-0.15, -0.1) is 0 Å². The van der Waals surface area contributed by atoms with Crippen LogP contribution in [0.1, 0.15) is 125 Å². The molecule has 8 rings (SSSR count). The third kappa shape index (κ3) is 6.35. The van der Waals surface area contributed by atoms with Crippen LogP contribution in [-0.4, -0.2) is 39.9 Å². The highest BCUT2D eigenvalue weighted by molar-refractivity contribution is 6.32. The first kappa shape index (κ1) is 37.2. The minimum Gasteiger partial charge on any atom is -0.253 e. The Morgan fingerprint density at radius 2 is 0.679 bits per heavy atom. The van der Waals surface area contributed by atoms with Crippen molar-refractivity contribution >= 4 is 32.3 Å². The highest BCUT2D eigenvalue weighted by atomic mass is 15.0. The Morgan fingerprint density at radius 3 is 1.00 bits per heavy atom. The molecule has 56 heavy (non-hydrogen) atoms. The predicted molar refractivity (Wildman–Crippen MR) is 230 cm³/mol. The summed E-state index contributed by atoms with van der Waals surface area (Å²) in [7, 11) is 0. The van der Waals surface area contributed by atoms with Crippen LogP contribution in [0.3, 0.4) is 0 Å². The van der Waals surface area contributed by atoms with E-state index in [1.165, 1.54) is 0 Å². The van der Waals surface area contributed by atoms with Gasteiger partial charge >= 0.3 is 0 Å². The Labute approximate surface area is 329 Å². The van der Waals surface area contributed by atoms with Crippen LogP contribution in [0, 0.1) is 27.7 Å². The van der Waals surface area contributed by atoms with E-state index in [-0.39, 0.29) is 23.7 Å². The first-order valence-corrected chi connectivity index (χ1v) is 19.9. The highest BCUT2D eigenvalue weighted by Crippen LogP contribution is 2.48. The van der Waals surface area contributed by atoms with Gasteiger partial charge in [-0.05, 0) is 108 Å². The van der Waals surface area contributed by atoms with E-state index < -0.39 is 0 Å². The predicted octanol–water partition coefficient (Wildman–Crippen LogP) is 12.1. The van der Waals surface area contributed by atoms with Gasteiger partial charge in [-0.3, -0.25) is 9.97 Å². The minimum atomic E-state index is 0.139. The van der Waals surface area contributed by atoms with Crippen molar-refractivity contribution in [1.29, 1.82) is 0 Å². The zero-order valence-electron chi connectivity index (χ0n) is 34.7. The molecule has 0 amide bonds. The Kier molecular flexibility index (Phi) is 9.34. The van der Waals surface area contributed by atoms with Crippen molar-refractivity contribution in [2.75, 3.05) is 0 Å². The monoisotopic (exact) mass is 738 g/mol. The maximum atomic E-state index is 5.17. The van der Waals surface area contributed by atoms with Crippen molar-refractivity contribution in [3.8, 4) is 45.3 Å². The van der Waals surface area contributed by atoms with Crippen LogP contribution < -0.4 is 0 Å². The molecule has 0 saturated carbocycles. The summed E-state index contributed by atoms with van der Waals surface area (Å²) >= 11 is 0. The molecule has 0 aliphatic carbocycles. The fraction of sp³-hybridized carbons (Fsp3) is 0.333. The summed E-state index contributed by atoms with van der Waals surface area (Å²) in [6.07, 6.45) is 0. The molecule has 0 N–H and O–H groups in total. The standard InChI is InChI=1S/C48H50N8/c1-23(2)43-51-44(24(3)4)54-47(53-43)33-19-17-31-38(42-28(10)14-16-30(12)50-42)22-36-34(48-55-45(25(5)6)52-46(56-48)26(7)8)20-18-32-37(21-35(33)39(31)40(32)36)41-27(9)13-15-29(11)49-41/h13-26H,1-12H3.